The van der Waals surface area contributed by atoms with Gasteiger partial charge in [0.2, 0.25) is 0 Å². The number of aromatic hydroxyl groups is 1. The molecule has 3 rings (SSSR count). The van der Waals surface area contributed by atoms with Crippen molar-refractivity contribution in [2.24, 2.45) is 7.05 Å². The van der Waals surface area contributed by atoms with Gasteiger partial charge in [-0.2, -0.15) is 0 Å². The van der Waals surface area contributed by atoms with E-state index in [0.29, 0.717) is 11.1 Å². The van der Waals surface area contributed by atoms with Crippen molar-refractivity contribution >= 4 is 17.7 Å². The van der Waals surface area contributed by atoms with Gasteiger partial charge in [0.15, 0.2) is 5.69 Å². The van der Waals surface area contributed by atoms with Crippen LogP contribution in [0.3, 0.4) is 0 Å². The molecule has 0 radical (unpaired) electrons. The number of hydrogen-bond acceptors (Lipinski definition) is 6. The van der Waals surface area contributed by atoms with Crippen LogP contribution >= 0.6 is 0 Å². The standard InChI is InChI=1S/C25H24F3N3O6/c1-3-36-21(33)14-19(29-24(35)30-22-20(32)9-10-31(2)23(22)34)17-11-16(15-7-5-4-6-8-15)12-18(13-17)37-25(26,27)28/h4-13,19,32H,3,14H2,1-2H3,(H2,29,30,35)/t19-/m0/s1. The summed E-state index contributed by atoms with van der Waals surface area (Å²) in [5.74, 6) is -1.78. The molecule has 3 N–H and O–H groups in total. The number of carbonyl (C=O) groups is 2. The van der Waals surface area contributed by atoms with Crippen molar-refractivity contribution in [1.29, 1.82) is 0 Å². The number of aromatic nitrogens is 1. The molecule has 1 aromatic heterocycles. The van der Waals surface area contributed by atoms with Crippen LogP contribution < -0.4 is 20.9 Å². The monoisotopic (exact) mass is 519 g/mol. The maximum Gasteiger partial charge on any atom is 0.573 e. The summed E-state index contributed by atoms with van der Waals surface area (Å²) in [5, 5.41) is 14.7. The molecule has 9 nitrogen and oxygen atoms in total. The number of amides is 2. The topological polar surface area (TPSA) is 119 Å². The molecule has 0 aliphatic rings. The minimum absolute atomic E-state index is 0.0399. The lowest BCUT2D eigenvalue weighted by Gasteiger charge is -2.21. The molecule has 1 heterocycles. The van der Waals surface area contributed by atoms with Crippen LogP contribution in [-0.4, -0.2) is 34.6 Å². The predicted molar refractivity (Wildman–Crippen MR) is 128 cm³/mol. The van der Waals surface area contributed by atoms with Crippen LogP contribution in [-0.2, 0) is 16.6 Å². The summed E-state index contributed by atoms with van der Waals surface area (Å²) >= 11 is 0. The lowest BCUT2D eigenvalue weighted by atomic mass is 9.97. The van der Waals surface area contributed by atoms with Gasteiger partial charge in [-0.25, -0.2) is 4.79 Å². The van der Waals surface area contributed by atoms with Crippen molar-refractivity contribution in [3.05, 3.63) is 76.7 Å². The first-order valence-corrected chi connectivity index (χ1v) is 11.0. The number of pyridine rings is 1. The summed E-state index contributed by atoms with van der Waals surface area (Å²) in [6.07, 6.45) is -4.13. The molecule has 0 spiro atoms. The quantitative estimate of drug-likeness (QED) is 0.378. The average Bonchev–Trinajstić information content (AvgIpc) is 2.83. The average molecular weight is 519 g/mol. The third kappa shape index (κ3) is 7.50. The predicted octanol–water partition coefficient (Wildman–Crippen LogP) is 4.47. The number of anilines is 1. The minimum atomic E-state index is -4.99. The number of halogens is 3. The maximum atomic E-state index is 13.0. The Morgan fingerprint density at radius 1 is 1.08 bits per heavy atom. The second kappa shape index (κ2) is 11.5. The summed E-state index contributed by atoms with van der Waals surface area (Å²) in [6, 6.07) is 11.2. The molecular formula is C25H24F3N3O6. The molecular weight excluding hydrogens is 495 g/mol. The molecule has 37 heavy (non-hydrogen) atoms. The van der Waals surface area contributed by atoms with Crippen LogP contribution in [0.4, 0.5) is 23.7 Å². The largest absolute Gasteiger partial charge is 0.573 e. The highest BCUT2D eigenvalue weighted by molar-refractivity contribution is 5.91. The molecule has 196 valence electrons. The minimum Gasteiger partial charge on any atom is -0.505 e. The Hall–Kier alpha value is -4.48. The first-order valence-electron chi connectivity index (χ1n) is 11.0. The first kappa shape index (κ1) is 27.1. The van der Waals surface area contributed by atoms with Gasteiger partial charge >= 0.3 is 18.4 Å². The molecule has 0 fully saturated rings. The highest BCUT2D eigenvalue weighted by Gasteiger charge is 2.32. The fourth-order valence-electron chi connectivity index (χ4n) is 3.50. The van der Waals surface area contributed by atoms with Crippen molar-refractivity contribution in [3.63, 3.8) is 0 Å². The molecule has 1 atom stereocenters. The lowest BCUT2D eigenvalue weighted by molar-refractivity contribution is -0.274. The molecule has 2 amide bonds. The van der Waals surface area contributed by atoms with Crippen LogP contribution in [0, 0.1) is 0 Å². The van der Waals surface area contributed by atoms with E-state index < -0.39 is 53.6 Å². The van der Waals surface area contributed by atoms with E-state index in [9.17, 15) is 32.7 Å². The van der Waals surface area contributed by atoms with Crippen molar-refractivity contribution < 1.29 is 37.3 Å². The summed E-state index contributed by atoms with van der Waals surface area (Å²) < 4.78 is 49.4. The molecule has 0 unspecified atom stereocenters. The molecule has 0 saturated carbocycles. The fraction of sp³-hybridized carbons (Fsp3) is 0.240. The van der Waals surface area contributed by atoms with E-state index >= 15 is 0 Å². The summed E-state index contributed by atoms with van der Waals surface area (Å²) in [4.78, 5) is 37.4. The smallest absolute Gasteiger partial charge is 0.505 e. The number of benzene rings is 2. The van der Waals surface area contributed by atoms with Crippen molar-refractivity contribution in [3.8, 4) is 22.6 Å². The number of rotatable bonds is 8. The van der Waals surface area contributed by atoms with E-state index in [-0.39, 0.29) is 12.2 Å². The molecule has 12 heteroatoms. The van der Waals surface area contributed by atoms with Crippen molar-refractivity contribution in [2.75, 3.05) is 11.9 Å². The normalized spacial score (nSPS) is 11.9. The summed E-state index contributed by atoms with van der Waals surface area (Å²) in [7, 11) is 1.41. The molecule has 0 aliphatic carbocycles. The zero-order chi connectivity index (χ0) is 27.2. The molecule has 0 aliphatic heterocycles. The van der Waals surface area contributed by atoms with Crippen molar-refractivity contribution in [1.82, 2.24) is 9.88 Å². The number of hydrogen-bond donors (Lipinski definition) is 3. The number of ether oxygens (including phenoxy) is 2. The number of aryl methyl sites for hydroxylation is 1. The van der Waals surface area contributed by atoms with E-state index in [0.717, 1.165) is 10.6 Å². The Morgan fingerprint density at radius 2 is 1.78 bits per heavy atom. The Morgan fingerprint density at radius 3 is 2.43 bits per heavy atom. The third-order valence-electron chi connectivity index (χ3n) is 5.14. The Labute approximate surface area is 209 Å². The Balaban J connectivity index is 2.01. The van der Waals surface area contributed by atoms with E-state index in [1.54, 1.807) is 37.3 Å². The highest BCUT2D eigenvalue weighted by atomic mass is 19.4. The number of urea groups is 1. The van der Waals surface area contributed by atoms with Crippen LogP contribution in [0.1, 0.15) is 24.9 Å². The molecule has 0 bridgehead atoms. The second-order valence-electron chi connectivity index (χ2n) is 7.86. The zero-order valence-electron chi connectivity index (χ0n) is 19.8. The van der Waals surface area contributed by atoms with E-state index in [1.165, 1.54) is 31.4 Å². The Kier molecular flexibility index (Phi) is 8.43. The van der Waals surface area contributed by atoms with Gasteiger partial charge in [-0.05, 0) is 47.9 Å². The lowest BCUT2D eigenvalue weighted by Crippen LogP contribution is -2.36. The third-order valence-corrected chi connectivity index (χ3v) is 5.14. The molecule has 2 aromatic carbocycles. The van der Waals surface area contributed by atoms with Gasteiger partial charge in [0, 0.05) is 13.2 Å². The number of nitrogens with zero attached hydrogens (tertiary/aromatic N) is 1. The van der Waals surface area contributed by atoms with Crippen LogP contribution in [0.2, 0.25) is 0 Å². The fourth-order valence-corrected chi connectivity index (χ4v) is 3.50. The summed E-state index contributed by atoms with van der Waals surface area (Å²) in [6.45, 7) is 1.62. The van der Waals surface area contributed by atoms with E-state index in [2.05, 4.69) is 15.4 Å². The number of alkyl halides is 3. The van der Waals surface area contributed by atoms with Crippen LogP contribution in [0.5, 0.6) is 11.5 Å². The molecule has 3 aromatic rings. The van der Waals surface area contributed by atoms with E-state index in [4.69, 9.17) is 4.74 Å². The Bertz CT molecular complexity index is 1330. The van der Waals surface area contributed by atoms with Gasteiger partial charge in [0.05, 0.1) is 19.1 Å². The molecule has 0 saturated heterocycles. The second-order valence-corrected chi connectivity index (χ2v) is 7.86. The van der Waals surface area contributed by atoms with Gasteiger partial charge in [0.25, 0.3) is 5.56 Å². The van der Waals surface area contributed by atoms with E-state index in [1.807, 2.05) is 0 Å². The number of carbonyl (C=O) groups excluding carboxylic acids is 2. The van der Waals surface area contributed by atoms with Gasteiger partial charge in [-0.15, -0.1) is 13.2 Å². The summed E-state index contributed by atoms with van der Waals surface area (Å²) in [5.41, 5.74) is -0.119. The van der Waals surface area contributed by atoms with Gasteiger partial charge in [-0.3, -0.25) is 9.59 Å². The van der Waals surface area contributed by atoms with Crippen molar-refractivity contribution in [2.45, 2.75) is 25.7 Å². The SMILES string of the molecule is CCOC(=O)C[C@H](NC(=O)Nc1c(O)ccn(C)c1=O)c1cc(OC(F)(F)F)cc(-c2ccccc2)c1. The van der Waals surface area contributed by atoms with Gasteiger partial charge in [-0.1, -0.05) is 30.3 Å². The van der Waals surface area contributed by atoms with Crippen LogP contribution in [0.15, 0.2) is 65.6 Å². The van der Waals surface area contributed by atoms with Gasteiger partial charge in [0.1, 0.15) is 11.5 Å². The maximum absolute atomic E-state index is 13.0. The highest BCUT2D eigenvalue weighted by Crippen LogP contribution is 2.33. The first-order chi connectivity index (χ1) is 17.5. The number of nitrogens with one attached hydrogen (secondary N) is 2. The van der Waals surface area contributed by atoms with Crippen LogP contribution in [0.25, 0.3) is 11.1 Å². The van der Waals surface area contributed by atoms with Gasteiger partial charge < -0.3 is 29.8 Å². The number of esters is 1. The zero-order valence-corrected chi connectivity index (χ0v) is 19.8.